The van der Waals surface area contributed by atoms with E-state index in [-0.39, 0.29) is 0 Å². The molecule has 2 nitrogen and oxygen atoms in total. The van der Waals surface area contributed by atoms with Gasteiger partial charge in [0.05, 0.1) is 5.56 Å². The molecule has 2 aromatic rings. The first kappa shape index (κ1) is 11.7. The number of hydrogen-bond donors (Lipinski definition) is 1. The van der Waals surface area contributed by atoms with Gasteiger partial charge in [-0.05, 0) is 40.8 Å². The predicted molar refractivity (Wildman–Crippen MR) is 74.9 cm³/mol. The first-order valence-electron chi connectivity index (χ1n) is 6.20. The molecular weight excluding hydrogens is 236 g/mol. The van der Waals surface area contributed by atoms with Crippen molar-refractivity contribution in [2.75, 3.05) is 0 Å². The second-order valence-corrected chi connectivity index (χ2v) is 4.59. The van der Waals surface area contributed by atoms with Crippen LogP contribution in [0.15, 0.2) is 54.6 Å². The minimum Gasteiger partial charge on any atom is -0.478 e. The number of hydrogen-bond acceptors (Lipinski definition) is 1. The maximum atomic E-state index is 10.8. The van der Waals surface area contributed by atoms with Gasteiger partial charge in [0, 0.05) is 6.42 Å². The van der Waals surface area contributed by atoms with Crippen LogP contribution in [0.2, 0.25) is 0 Å². The Hall–Kier alpha value is -2.35. The minimum absolute atomic E-state index is 0.320. The number of rotatable bonds is 2. The molecule has 0 aromatic heterocycles. The first-order chi connectivity index (χ1) is 9.24. The summed E-state index contributed by atoms with van der Waals surface area (Å²) in [6.45, 7) is 0. The minimum atomic E-state index is -0.890. The third-order valence-electron chi connectivity index (χ3n) is 3.37. The highest BCUT2D eigenvalue weighted by Crippen LogP contribution is 2.29. The Labute approximate surface area is 112 Å². The van der Waals surface area contributed by atoms with Crippen molar-refractivity contribution in [3.05, 3.63) is 83.3 Å². The van der Waals surface area contributed by atoms with E-state index in [0.29, 0.717) is 5.56 Å². The lowest BCUT2D eigenvalue weighted by atomic mass is 9.88. The molecule has 0 atom stereocenters. The molecule has 0 heterocycles. The van der Waals surface area contributed by atoms with E-state index in [1.165, 1.54) is 11.1 Å². The van der Waals surface area contributed by atoms with E-state index < -0.39 is 5.97 Å². The quantitative estimate of drug-likeness (QED) is 0.883. The van der Waals surface area contributed by atoms with Gasteiger partial charge in [-0.15, -0.1) is 0 Å². The van der Waals surface area contributed by atoms with Gasteiger partial charge in [0.1, 0.15) is 0 Å². The second-order valence-electron chi connectivity index (χ2n) is 4.59. The number of carboxylic acid groups (broad SMARTS) is 1. The molecule has 2 heteroatoms. The van der Waals surface area contributed by atoms with Gasteiger partial charge < -0.3 is 5.11 Å². The van der Waals surface area contributed by atoms with Gasteiger partial charge in [-0.2, -0.15) is 0 Å². The summed E-state index contributed by atoms with van der Waals surface area (Å²) in [4.78, 5) is 10.8. The van der Waals surface area contributed by atoms with Crippen LogP contribution >= 0.6 is 0 Å². The van der Waals surface area contributed by atoms with Crippen molar-refractivity contribution in [3.63, 3.8) is 0 Å². The number of allylic oxidation sites excluding steroid dienone is 2. The summed E-state index contributed by atoms with van der Waals surface area (Å²) in [6.07, 6.45) is 5.25. The molecule has 0 amide bonds. The molecule has 0 bridgehead atoms. The summed E-state index contributed by atoms with van der Waals surface area (Å²) in [7, 11) is 0. The lowest BCUT2D eigenvalue weighted by Gasteiger charge is -2.16. The second kappa shape index (κ2) is 4.73. The SMILES string of the molecule is O=C(O)c1ccc(C2=CCc3ccccc3[CH]2)cc1. The highest BCUT2D eigenvalue weighted by molar-refractivity contribution is 5.88. The van der Waals surface area contributed by atoms with E-state index in [4.69, 9.17) is 5.11 Å². The molecule has 1 aliphatic rings. The summed E-state index contributed by atoms with van der Waals surface area (Å²) >= 11 is 0. The molecule has 1 aliphatic carbocycles. The first-order valence-corrected chi connectivity index (χ1v) is 6.20. The Morgan fingerprint density at radius 1 is 1.00 bits per heavy atom. The normalized spacial score (nSPS) is 13.6. The molecular formula is C17H13O2. The molecule has 93 valence electrons. The van der Waals surface area contributed by atoms with Gasteiger partial charge in [0.15, 0.2) is 0 Å². The molecule has 2 aromatic carbocycles. The molecule has 0 fully saturated rings. The van der Waals surface area contributed by atoms with E-state index >= 15 is 0 Å². The topological polar surface area (TPSA) is 37.3 Å². The Kier molecular flexibility index (Phi) is 2.92. The van der Waals surface area contributed by atoms with Crippen LogP contribution in [0.25, 0.3) is 5.57 Å². The molecule has 0 unspecified atom stereocenters. The summed E-state index contributed by atoms with van der Waals surface area (Å²) in [6, 6.07) is 15.3. The third-order valence-corrected chi connectivity index (χ3v) is 3.37. The lowest BCUT2D eigenvalue weighted by molar-refractivity contribution is 0.0697. The van der Waals surface area contributed by atoms with Crippen molar-refractivity contribution in [3.8, 4) is 0 Å². The number of aromatic carboxylic acids is 1. The van der Waals surface area contributed by atoms with Crippen molar-refractivity contribution < 1.29 is 9.90 Å². The largest absolute Gasteiger partial charge is 0.478 e. The Balaban J connectivity index is 1.88. The highest BCUT2D eigenvalue weighted by Gasteiger charge is 2.12. The van der Waals surface area contributed by atoms with Crippen molar-refractivity contribution in [2.24, 2.45) is 0 Å². The summed E-state index contributed by atoms with van der Waals surface area (Å²) < 4.78 is 0. The summed E-state index contributed by atoms with van der Waals surface area (Å²) in [5, 5.41) is 8.89. The van der Waals surface area contributed by atoms with E-state index in [9.17, 15) is 4.79 Å². The van der Waals surface area contributed by atoms with Gasteiger partial charge in [-0.25, -0.2) is 4.79 Å². The molecule has 0 spiro atoms. The summed E-state index contributed by atoms with van der Waals surface area (Å²) in [5.74, 6) is -0.890. The maximum absolute atomic E-state index is 10.8. The fourth-order valence-electron chi connectivity index (χ4n) is 2.31. The van der Waals surface area contributed by atoms with Gasteiger partial charge in [0.25, 0.3) is 0 Å². The highest BCUT2D eigenvalue weighted by atomic mass is 16.4. The molecule has 0 aliphatic heterocycles. The molecule has 1 N–H and O–H groups in total. The molecule has 0 saturated heterocycles. The Bertz CT molecular complexity index is 651. The van der Waals surface area contributed by atoms with Crippen molar-refractivity contribution in [1.82, 2.24) is 0 Å². The van der Waals surface area contributed by atoms with Crippen LogP contribution in [-0.4, -0.2) is 11.1 Å². The average molecular weight is 249 g/mol. The summed E-state index contributed by atoms with van der Waals surface area (Å²) in [5.41, 5.74) is 5.09. The van der Waals surface area contributed by atoms with Crippen LogP contribution in [0.4, 0.5) is 0 Å². The number of carboxylic acids is 1. The fourth-order valence-corrected chi connectivity index (χ4v) is 2.31. The monoisotopic (exact) mass is 249 g/mol. The van der Waals surface area contributed by atoms with E-state index in [1.807, 2.05) is 24.3 Å². The van der Waals surface area contributed by atoms with Gasteiger partial charge in [0.2, 0.25) is 0 Å². The molecule has 0 saturated carbocycles. The van der Waals surface area contributed by atoms with Crippen LogP contribution < -0.4 is 0 Å². The zero-order valence-electron chi connectivity index (χ0n) is 10.3. The zero-order chi connectivity index (χ0) is 13.2. The van der Waals surface area contributed by atoms with E-state index in [0.717, 1.165) is 17.6 Å². The Morgan fingerprint density at radius 3 is 2.47 bits per heavy atom. The fraction of sp³-hybridized carbons (Fsp3) is 0.0588. The third kappa shape index (κ3) is 2.29. The Morgan fingerprint density at radius 2 is 1.74 bits per heavy atom. The molecule has 1 radical (unpaired) electrons. The lowest BCUT2D eigenvalue weighted by Crippen LogP contribution is -2.01. The van der Waals surface area contributed by atoms with Crippen LogP contribution in [0.5, 0.6) is 0 Å². The van der Waals surface area contributed by atoms with E-state index in [2.05, 4.69) is 24.6 Å². The number of fused-ring (bicyclic) bond motifs is 1. The number of benzene rings is 2. The van der Waals surface area contributed by atoms with Gasteiger partial charge in [-0.3, -0.25) is 0 Å². The van der Waals surface area contributed by atoms with Crippen LogP contribution in [0.3, 0.4) is 0 Å². The maximum Gasteiger partial charge on any atom is 0.335 e. The zero-order valence-corrected chi connectivity index (χ0v) is 10.3. The van der Waals surface area contributed by atoms with Crippen molar-refractivity contribution in [2.45, 2.75) is 6.42 Å². The van der Waals surface area contributed by atoms with Crippen molar-refractivity contribution in [1.29, 1.82) is 0 Å². The van der Waals surface area contributed by atoms with Gasteiger partial charge in [-0.1, -0.05) is 42.5 Å². The van der Waals surface area contributed by atoms with Crippen LogP contribution in [-0.2, 0) is 6.42 Å². The smallest absolute Gasteiger partial charge is 0.335 e. The van der Waals surface area contributed by atoms with Crippen LogP contribution in [0.1, 0.15) is 27.0 Å². The van der Waals surface area contributed by atoms with Crippen molar-refractivity contribution >= 4 is 11.5 Å². The average Bonchev–Trinajstić information content (AvgIpc) is 2.47. The van der Waals surface area contributed by atoms with E-state index in [1.54, 1.807) is 12.1 Å². The molecule has 19 heavy (non-hydrogen) atoms. The van der Waals surface area contributed by atoms with Crippen LogP contribution in [0, 0.1) is 6.42 Å². The standard InChI is InChI=1S/C17H13O2/c18-17(19)14-8-5-13(6-9-14)16-10-7-12-3-1-2-4-15(12)11-16/h1-6,8-11H,7H2,(H,18,19). The number of carbonyl (C=O) groups is 1. The van der Waals surface area contributed by atoms with Gasteiger partial charge >= 0.3 is 5.97 Å². The molecule has 3 rings (SSSR count). The predicted octanol–water partition coefficient (Wildman–Crippen LogP) is 3.58.